The molecule has 1 aromatic carbocycles. The molecule has 1 saturated heterocycles. The standard InChI is InChI=1S/C16H19N3O/c1-11-4-2-3-5-13(11)16-18-14(10-15(20)19-16)12-6-8-17-9-7-12/h2-5,10,12,17H,6-9H2,1H3,(H,18,19,20). The van der Waals surface area contributed by atoms with Crippen molar-refractivity contribution >= 4 is 0 Å². The normalized spacial score (nSPS) is 16.2. The maximum atomic E-state index is 11.9. The summed E-state index contributed by atoms with van der Waals surface area (Å²) >= 11 is 0. The summed E-state index contributed by atoms with van der Waals surface area (Å²) in [5.74, 6) is 1.07. The largest absolute Gasteiger partial charge is 0.317 e. The monoisotopic (exact) mass is 269 g/mol. The predicted octanol–water partition coefficient (Wildman–Crippen LogP) is 2.21. The van der Waals surface area contributed by atoms with Gasteiger partial charge in [-0.1, -0.05) is 24.3 Å². The fourth-order valence-electron chi connectivity index (χ4n) is 2.77. The lowest BCUT2D eigenvalue weighted by Gasteiger charge is -2.22. The Labute approximate surface area is 118 Å². The van der Waals surface area contributed by atoms with Crippen LogP contribution in [0.15, 0.2) is 35.1 Å². The third-order valence-corrected chi connectivity index (χ3v) is 3.92. The summed E-state index contributed by atoms with van der Waals surface area (Å²) in [7, 11) is 0. The van der Waals surface area contributed by atoms with Crippen molar-refractivity contribution in [3.8, 4) is 11.4 Å². The Balaban J connectivity index is 2.02. The molecule has 4 nitrogen and oxygen atoms in total. The van der Waals surface area contributed by atoms with E-state index in [-0.39, 0.29) is 5.56 Å². The van der Waals surface area contributed by atoms with E-state index in [1.165, 1.54) is 0 Å². The molecule has 1 aromatic heterocycles. The number of rotatable bonds is 2. The molecule has 0 amide bonds. The van der Waals surface area contributed by atoms with Gasteiger partial charge in [-0.15, -0.1) is 0 Å². The van der Waals surface area contributed by atoms with Gasteiger partial charge >= 0.3 is 0 Å². The molecule has 0 unspecified atom stereocenters. The first-order valence-electron chi connectivity index (χ1n) is 7.12. The highest BCUT2D eigenvalue weighted by molar-refractivity contribution is 5.59. The zero-order valence-corrected chi connectivity index (χ0v) is 11.6. The average molecular weight is 269 g/mol. The topological polar surface area (TPSA) is 57.8 Å². The van der Waals surface area contributed by atoms with Crippen LogP contribution < -0.4 is 10.9 Å². The van der Waals surface area contributed by atoms with Crippen molar-refractivity contribution in [3.05, 3.63) is 51.9 Å². The molecule has 1 aliphatic rings. The number of benzene rings is 1. The summed E-state index contributed by atoms with van der Waals surface area (Å²) in [6, 6.07) is 9.65. The van der Waals surface area contributed by atoms with E-state index < -0.39 is 0 Å². The van der Waals surface area contributed by atoms with Crippen LogP contribution in [0.4, 0.5) is 0 Å². The van der Waals surface area contributed by atoms with Crippen molar-refractivity contribution in [1.82, 2.24) is 15.3 Å². The van der Waals surface area contributed by atoms with Gasteiger partial charge in [0.15, 0.2) is 0 Å². The number of nitrogens with zero attached hydrogens (tertiary/aromatic N) is 1. The second kappa shape index (κ2) is 5.59. The molecule has 2 aromatic rings. The molecule has 1 fully saturated rings. The van der Waals surface area contributed by atoms with Gasteiger partial charge in [-0.25, -0.2) is 4.98 Å². The lowest BCUT2D eigenvalue weighted by atomic mass is 9.94. The second-order valence-corrected chi connectivity index (χ2v) is 5.36. The number of hydrogen-bond donors (Lipinski definition) is 2. The Morgan fingerprint density at radius 3 is 2.70 bits per heavy atom. The Morgan fingerprint density at radius 1 is 1.20 bits per heavy atom. The summed E-state index contributed by atoms with van der Waals surface area (Å²) in [6.07, 6.45) is 2.09. The number of nitrogens with one attached hydrogen (secondary N) is 2. The van der Waals surface area contributed by atoms with Crippen LogP contribution in [0.3, 0.4) is 0 Å². The molecular weight excluding hydrogens is 250 g/mol. The number of hydrogen-bond acceptors (Lipinski definition) is 3. The minimum absolute atomic E-state index is 0.0632. The molecule has 2 heterocycles. The van der Waals surface area contributed by atoms with Gasteiger partial charge in [0.2, 0.25) is 0 Å². The number of aromatic nitrogens is 2. The lowest BCUT2D eigenvalue weighted by Crippen LogP contribution is -2.28. The first kappa shape index (κ1) is 13.1. The van der Waals surface area contributed by atoms with E-state index in [1.54, 1.807) is 6.07 Å². The molecule has 0 saturated carbocycles. The molecule has 0 spiro atoms. The van der Waals surface area contributed by atoms with Gasteiger partial charge in [-0.2, -0.15) is 0 Å². The second-order valence-electron chi connectivity index (χ2n) is 5.36. The summed E-state index contributed by atoms with van der Waals surface area (Å²) in [6.45, 7) is 4.03. The molecule has 1 aliphatic heterocycles. The Morgan fingerprint density at radius 2 is 1.95 bits per heavy atom. The van der Waals surface area contributed by atoms with Gasteiger partial charge in [-0.05, 0) is 38.4 Å². The number of aryl methyl sites for hydroxylation is 1. The molecule has 0 bridgehead atoms. The first-order valence-corrected chi connectivity index (χ1v) is 7.12. The molecule has 2 N–H and O–H groups in total. The summed E-state index contributed by atoms with van der Waals surface area (Å²) in [5.41, 5.74) is 2.98. The van der Waals surface area contributed by atoms with E-state index in [0.717, 1.165) is 42.8 Å². The molecule has 20 heavy (non-hydrogen) atoms. The van der Waals surface area contributed by atoms with Crippen LogP contribution >= 0.6 is 0 Å². The van der Waals surface area contributed by atoms with Crippen LogP contribution in [0.5, 0.6) is 0 Å². The van der Waals surface area contributed by atoms with Crippen LogP contribution in [-0.2, 0) is 0 Å². The Kier molecular flexibility index (Phi) is 3.65. The van der Waals surface area contributed by atoms with Crippen molar-refractivity contribution in [2.24, 2.45) is 0 Å². The first-order chi connectivity index (χ1) is 9.74. The predicted molar refractivity (Wildman–Crippen MR) is 79.9 cm³/mol. The molecule has 0 atom stereocenters. The van der Waals surface area contributed by atoms with Crippen molar-refractivity contribution in [2.45, 2.75) is 25.7 Å². The van der Waals surface area contributed by atoms with E-state index in [9.17, 15) is 4.79 Å². The van der Waals surface area contributed by atoms with E-state index in [0.29, 0.717) is 11.7 Å². The van der Waals surface area contributed by atoms with Crippen molar-refractivity contribution in [1.29, 1.82) is 0 Å². The van der Waals surface area contributed by atoms with Gasteiger partial charge in [0, 0.05) is 17.5 Å². The summed E-state index contributed by atoms with van der Waals surface area (Å²) < 4.78 is 0. The van der Waals surface area contributed by atoms with E-state index in [1.807, 2.05) is 31.2 Å². The lowest BCUT2D eigenvalue weighted by molar-refractivity contribution is 0.453. The van der Waals surface area contributed by atoms with Crippen LogP contribution in [0.2, 0.25) is 0 Å². The van der Waals surface area contributed by atoms with Crippen molar-refractivity contribution < 1.29 is 0 Å². The molecule has 4 heteroatoms. The molecule has 0 aliphatic carbocycles. The average Bonchev–Trinajstić information content (AvgIpc) is 2.48. The van der Waals surface area contributed by atoms with Crippen LogP contribution in [0, 0.1) is 6.92 Å². The molecule has 3 rings (SSSR count). The number of H-pyrrole nitrogens is 1. The van der Waals surface area contributed by atoms with Crippen LogP contribution in [0.1, 0.15) is 30.0 Å². The number of piperidine rings is 1. The third-order valence-electron chi connectivity index (χ3n) is 3.92. The minimum atomic E-state index is -0.0632. The quantitative estimate of drug-likeness (QED) is 0.879. The summed E-state index contributed by atoms with van der Waals surface area (Å²) in [5, 5.41) is 3.34. The maximum Gasteiger partial charge on any atom is 0.251 e. The van der Waals surface area contributed by atoms with Crippen molar-refractivity contribution in [3.63, 3.8) is 0 Å². The fourth-order valence-corrected chi connectivity index (χ4v) is 2.77. The highest BCUT2D eigenvalue weighted by Crippen LogP contribution is 2.25. The highest BCUT2D eigenvalue weighted by atomic mass is 16.1. The van der Waals surface area contributed by atoms with Gasteiger partial charge in [0.05, 0.1) is 5.69 Å². The van der Waals surface area contributed by atoms with Gasteiger partial charge in [0.1, 0.15) is 5.82 Å². The zero-order chi connectivity index (χ0) is 13.9. The third kappa shape index (κ3) is 2.65. The smallest absolute Gasteiger partial charge is 0.251 e. The van der Waals surface area contributed by atoms with E-state index in [4.69, 9.17) is 4.98 Å². The van der Waals surface area contributed by atoms with Gasteiger partial charge in [-0.3, -0.25) is 4.79 Å². The number of aromatic amines is 1. The van der Waals surface area contributed by atoms with Gasteiger partial charge in [0.25, 0.3) is 5.56 Å². The van der Waals surface area contributed by atoms with Crippen LogP contribution in [0.25, 0.3) is 11.4 Å². The molecular formula is C16H19N3O. The maximum absolute atomic E-state index is 11.9. The van der Waals surface area contributed by atoms with Crippen LogP contribution in [-0.4, -0.2) is 23.1 Å². The Hall–Kier alpha value is -1.94. The zero-order valence-electron chi connectivity index (χ0n) is 11.6. The molecule has 0 radical (unpaired) electrons. The fraction of sp³-hybridized carbons (Fsp3) is 0.375. The van der Waals surface area contributed by atoms with Gasteiger partial charge < -0.3 is 10.3 Å². The SMILES string of the molecule is Cc1ccccc1-c1nc(C2CCNCC2)cc(=O)[nH]1. The highest BCUT2D eigenvalue weighted by Gasteiger charge is 2.18. The van der Waals surface area contributed by atoms with E-state index in [2.05, 4.69) is 10.3 Å². The molecule has 104 valence electrons. The van der Waals surface area contributed by atoms with Crippen molar-refractivity contribution in [2.75, 3.05) is 13.1 Å². The van der Waals surface area contributed by atoms with E-state index >= 15 is 0 Å². The summed E-state index contributed by atoms with van der Waals surface area (Å²) in [4.78, 5) is 19.5. The Bertz CT molecular complexity index is 657. The minimum Gasteiger partial charge on any atom is -0.317 e.